The van der Waals surface area contributed by atoms with Crippen molar-refractivity contribution in [3.05, 3.63) is 52.7 Å². The van der Waals surface area contributed by atoms with Gasteiger partial charge < -0.3 is 14.8 Å². The van der Waals surface area contributed by atoms with Crippen LogP contribution in [0.15, 0.2) is 36.7 Å². The minimum absolute atomic E-state index is 0.227. The lowest BCUT2D eigenvalue weighted by Crippen LogP contribution is -2.21. The fourth-order valence-corrected chi connectivity index (χ4v) is 3.50. The van der Waals surface area contributed by atoms with Crippen molar-refractivity contribution >= 4 is 34.2 Å². The highest BCUT2D eigenvalue weighted by Gasteiger charge is 2.19. The number of carbonyl (C=O) groups excluding carboxylic acids is 3. The molecule has 0 saturated heterocycles. The molecule has 0 spiro atoms. The summed E-state index contributed by atoms with van der Waals surface area (Å²) in [6.07, 6.45) is 2.10. The van der Waals surface area contributed by atoms with Crippen molar-refractivity contribution in [1.29, 1.82) is 0 Å². The molecule has 0 saturated carbocycles. The minimum atomic E-state index is -0.675. The maximum Gasteiger partial charge on any atom is 0.341 e. The Bertz CT molecular complexity index is 1050. The first-order valence-corrected chi connectivity index (χ1v) is 9.93. The topological polar surface area (TPSA) is 125 Å². The highest BCUT2D eigenvalue weighted by Crippen LogP contribution is 2.29. The molecule has 0 aliphatic carbocycles. The van der Waals surface area contributed by atoms with Crippen molar-refractivity contribution in [3.8, 4) is 5.69 Å². The van der Waals surface area contributed by atoms with Crippen LogP contribution in [0.3, 0.4) is 0 Å². The summed E-state index contributed by atoms with van der Waals surface area (Å²) >= 11 is 1.28. The van der Waals surface area contributed by atoms with E-state index in [2.05, 4.69) is 20.8 Å². The molecule has 30 heavy (non-hydrogen) atoms. The van der Waals surface area contributed by atoms with Crippen LogP contribution in [0.25, 0.3) is 5.69 Å². The summed E-state index contributed by atoms with van der Waals surface area (Å²) in [4.78, 5) is 37.6. The summed E-state index contributed by atoms with van der Waals surface area (Å²) in [6.45, 7) is 3.37. The third-order valence-electron chi connectivity index (χ3n) is 3.91. The second-order valence-electron chi connectivity index (χ2n) is 5.96. The number of rotatable bonds is 8. The maximum absolute atomic E-state index is 12.3. The zero-order valence-corrected chi connectivity index (χ0v) is 17.1. The lowest BCUT2D eigenvalue weighted by molar-refractivity contribution is -0.119. The number of nitrogens with zero attached hydrogens (tertiary/aromatic N) is 4. The van der Waals surface area contributed by atoms with Gasteiger partial charge in [-0.3, -0.25) is 4.79 Å². The number of ether oxygens (including phenoxy) is 2. The molecule has 0 aliphatic heterocycles. The van der Waals surface area contributed by atoms with E-state index in [0.717, 1.165) is 4.88 Å². The summed E-state index contributed by atoms with van der Waals surface area (Å²) in [5.74, 6) is -1.75. The Balaban J connectivity index is 1.62. The van der Waals surface area contributed by atoms with Crippen molar-refractivity contribution in [2.24, 2.45) is 0 Å². The van der Waals surface area contributed by atoms with E-state index in [-0.39, 0.29) is 17.7 Å². The highest BCUT2D eigenvalue weighted by molar-refractivity contribution is 7.16. The predicted molar refractivity (Wildman–Crippen MR) is 108 cm³/mol. The van der Waals surface area contributed by atoms with Crippen molar-refractivity contribution in [3.63, 3.8) is 0 Å². The van der Waals surface area contributed by atoms with E-state index in [1.165, 1.54) is 22.3 Å². The largest absolute Gasteiger partial charge is 0.462 e. The molecule has 1 amide bonds. The number of tetrazole rings is 1. The lowest BCUT2D eigenvalue weighted by atomic mass is 10.2. The van der Waals surface area contributed by atoms with Gasteiger partial charge in [-0.1, -0.05) is 13.0 Å². The zero-order chi connectivity index (χ0) is 21.5. The van der Waals surface area contributed by atoms with E-state index < -0.39 is 24.5 Å². The molecule has 11 heteroatoms. The third kappa shape index (κ3) is 5.06. The molecule has 0 aliphatic rings. The van der Waals surface area contributed by atoms with Crippen LogP contribution in [0.5, 0.6) is 0 Å². The molecule has 0 unspecified atom stereocenters. The highest BCUT2D eigenvalue weighted by atomic mass is 32.1. The first-order valence-electron chi connectivity index (χ1n) is 9.12. The standard InChI is InChI=1S/C19H19N5O5S/c1-3-14-9-15(19(27)28-4-2)17(30-14)21-16(25)10-29-18(26)12-6-5-7-13(8-12)24-11-20-22-23-24/h5-9,11H,3-4,10H2,1-2H3,(H,21,25). The van der Waals surface area contributed by atoms with Crippen LogP contribution < -0.4 is 5.32 Å². The fraction of sp³-hybridized carbons (Fsp3) is 0.263. The summed E-state index contributed by atoms with van der Waals surface area (Å²) < 4.78 is 11.5. The van der Waals surface area contributed by atoms with Crippen LogP contribution in [0, 0.1) is 0 Å². The van der Waals surface area contributed by atoms with E-state index in [9.17, 15) is 14.4 Å². The molecule has 10 nitrogen and oxygen atoms in total. The van der Waals surface area contributed by atoms with Gasteiger partial charge >= 0.3 is 11.9 Å². The molecule has 0 radical (unpaired) electrons. The maximum atomic E-state index is 12.3. The molecule has 0 atom stereocenters. The number of carbonyl (C=O) groups is 3. The molecule has 1 aromatic carbocycles. The number of nitrogens with one attached hydrogen (secondary N) is 1. The number of hydrogen-bond acceptors (Lipinski definition) is 9. The first-order chi connectivity index (χ1) is 14.5. The number of thiophene rings is 1. The molecular formula is C19H19N5O5S. The third-order valence-corrected chi connectivity index (χ3v) is 5.10. The Labute approximate surface area is 175 Å². The SMILES string of the molecule is CCOC(=O)c1cc(CC)sc1NC(=O)COC(=O)c1cccc(-n2cnnn2)c1. The van der Waals surface area contributed by atoms with Crippen molar-refractivity contribution < 1.29 is 23.9 Å². The fourth-order valence-electron chi connectivity index (χ4n) is 2.50. The Morgan fingerprint density at radius 2 is 1.97 bits per heavy atom. The Kier molecular flexibility index (Phi) is 6.86. The van der Waals surface area contributed by atoms with Gasteiger partial charge in [0, 0.05) is 4.88 Å². The van der Waals surface area contributed by atoms with Crippen molar-refractivity contribution in [1.82, 2.24) is 20.2 Å². The number of esters is 2. The van der Waals surface area contributed by atoms with Gasteiger partial charge in [0.2, 0.25) is 0 Å². The van der Waals surface area contributed by atoms with E-state index >= 15 is 0 Å². The summed E-state index contributed by atoms with van der Waals surface area (Å²) in [5.41, 5.74) is 1.10. The van der Waals surface area contributed by atoms with Gasteiger partial charge in [-0.05, 0) is 48.0 Å². The molecule has 0 fully saturated rings. The van der Waals surface area contributed by atoms with Gasteiger partial charge in [0.15, 0.2) is 6.61 Å². The first kappa shape index (κ1) is 21.1. The van der Waals surface area contributed by atoms with Gasteiger partial charge in [-0.25, -0.2) is 14.3 Å². The quantitative estimate of drug-likeness (QED) is 0.541. The van der Waals surface area contributed by atoms with Gasteiger partial charge in [-0.15, -0.1) is 16.4 Å². The number of amides is 1. The Morgan fingerprint density at radius 3 is 2.67 bits per heavy atom. The van der Waals surface area contributed by atoms with Gasteiger partial charge in [0.05, 0.1) is 23.4 Å². The molecule has 0 bridgehead atoms. The van der Waals surface area contributed by atoms with Gasteiger partial charge in [0.25, 0.3) is 5.91 Å². The van der Waals surface area contributed by atoms with Crippen LogP contribution in [0.4, 0.5) is 5.00 Å². The normalized spacial score (nSPS) is 10.5. The van der Waals surface area contributed by atoms with E-state index in [4.69, 9.17) is 9.47 Å². The predicted octanol–water partition coefficient (Wildman–Crippen LogP) is 2.26. The molecule has 2 aromatic heterocycles. The number of hydrogen-bond donors (Lipinski definition) is 1. The molecule has 2 heterocycles. The average Bonchev–Trinajstić information content (AvgIpc) is 3.42. The lowest BCUT2D eigenvalue weighted by Gasteiger charge is -2.08. The Morgan fingerprint density at radius 1 is 1.13 bits per heavy atom. The summed E-state index contributed by atoms with van der Waals surface area (Å²) in [5, 5.41) is 13.8. The van der Waals surface area contributed by atoms with Crippen molar-refractivity contribution in [2.45, 2.75) is 20.3 Å². The molecule has 3 aromatic rings. The monoisotopic (exact) mass is 429 g/mol. The van der Waals surface area contributed by atoms with Crippen LogP contribution in [0.2, 0.25) is 0 Å². The number of benzene rings is 1. The number of aryl methyl sites for hydroxylation is 1. The van der Waals surface area contributed by atoms with Crippen LogP contribution >= 0.6 is 11.3 Å². The van der Waals surface area contributed by atoms with E-state index in [1.807, 2.05) is 6.92 Å². The van der Waals surface area contributed by atoms with Crippen LogP contribution in [0.1, 0.15) is 39.4 Å². The zero-order valence-electron chi connectivity index (χ0n) is 16.3. The summed E-state index contributed by atoms with van der Waals surface area (Å²) in [7, 11) is 0. The number of anilines is 1. The van der Waals surface area contributed by atoms with E-state index in [0.29, 0.717) is 17.1 Å². The molecule has 156 valence electrons. The van der Waals surface area contributed by atoms with E-state index in [1.54, 1.807) is 37.3 Å². The van der Waals surface area contributed by atoms with Crippen LogP contribution in [-0.4, -0.2) is 51.3 Å². The number of aromatic nitrogens is 4. The molecule has 3 rings (SSSR count). The van der Waals surface area contributed by atoms with Gasteiger partial charge in [0.1, 0.15) is 11.3 Å². The molecule has 1 N–H and O–H groups in total. The van der Waals surface area contributed by atoms with Gasteiger partial charge in [-0.2, -0.15) is 0 Å². The smallest absolute Gasteiger partial charge is 0.341 e. The van der Waals surface area contributed by atoms with Crippen molar-refractivity contribution in [2.75, 3.05) is 18.5 Å². The Hall–Kier alpha value is -3.60. The molecular weight excluding hydrogens is 410 g/mol. The second kappa shape index (κ2) is 9.74. The van der Waals surface area contributed by atoms with Crippen LogP contribution in [-0.2, 0) is 20.7 Å². The second-order valence-corrected chi connectivity index (χ2v) is 7.10. The minimum Gasteiger partial charge on any atom is -0.462 e. The average molecular weight is 429 g/mol. The summed E-state index contributed by atoms with van der Waals surface area (Å²) in [6, 6.07) is 8.16.